The number of dihydropyridines is 2. The summed E-state index contributed by atoms with van der Waals surface area (Å²) in [6, 6.07) is 18.3. The van der Waals surface area contributed by atoms with E-state index in [0.29, 0.717) is 5.92 Å². The van der Waals surface area contributed by atoms with E-state index in [1.165, 1.54) is 68.7 Å². The molecule has 2 N–H and O–H groups in total. The first-order valence-electron chi connectivity index (χ1n) is 18.5. The van der Waals surface area contributed by atoms with Crippen molar-refractivity contribution in [3.8, 4) is 0 Å². The van der Waals surface area contributed by atoms with Crippen molar-refractivity contribution in [2.45, 2.75) is 77.3 Å². The zero-order valence-corrected chi connectivity index (χ0v) is 29.2. The molecule has 248 valence electrons. The van der Waals surface area contributed by atoms with Crippen molar-refractivity contribution in [1.29, 1.82) is 0 Å². The lowest BCUT2D eigenvalue weighted by atomic mass is 9.84. The molecule has 5 aliphatic rings. The third-order valence-electron chi connectivity index (χ3n) is 10.4. The average molecular weight is 643 g/mol. The Balaban J connectivity index is 1.34. The second-order valence-corrected chi connectivity index (χ2v) is 13.9. The van der Waals surface area contributed by atoms with Crippen LogP contribution >= 0.6 is 0 Å². The molecule has 2 aromatic rings. The first-order valence-corrected chi connectivity index (χ1v) is 18.5. The van der Waals surface area contributed by atoms with E-state index < -0.39 is 0 Å². The zero-order valence-electron chi connectivity index (χ0n) is 29.2. The van der Waals surface area contributed by atoms with Crippen LogP contribution in [0.2, 0.25) is 0 Å². The molecule has 0 aromatic heterocycles. The summed E-state index contributed by atoms with van der Waals surface area (Å²) >= 11 is 0. The maximum absolute atomic E-state index is 3.92. The second kappa shape index (κ2) is 15.6. The number of benzene rings is 2. The molecule has 0 spiro atoms. The van der Waals surface area contributed by atoms with Crippen LogP contribution in [0.15, 0.2) is 162 Å². The van der Waals surface area contributed by atoms with Crippen LogP contribution < -0.4 is 10.6 Å². The molecule has 0 fully saturated rings. The van der Waals surface area contributed by atoms with Crippen molar-refractivity contribution < 1.29 is 0 Å². The summed E-state index contributed by atoms with van der Waals surface area (Å²) in [4.78, 5) is 0. The fraction of sp³-hybridized carbons (Fsp3) is 0.277. The van der Waals surface area contributed by atoms with Crippen LogP contribution in [0.5, 0.6) is 0 Å². The van der Waals surface area contributed by atoms with Crippen molar-refractivity contribution in [3.05, 3.63) is 184 Å². The molecule has 7 rings (SSSR count). The zero-order chi connectivity index (χ0) is 33.4. The average Bonchev–Trinajstić information content (AvgIpc) is 3.18. The van der Waals surface area contributed by atoms with E-state index in [4.69, 9.17) is 0 Å². The van der Waals surface area contributed by atoms with Crippen molar-refractivity contribution in [1.82, 2.24) is 10.6 Å². The van der Waals surface area contributed by atoms with E-state index in [9.17, 15) is 0 Å². The third-order valence-corrected chi connectivity index (χ3v) is 10.4. The van der Waals surface area contributed by atoms with Gasteiger partial charge in [0.2, 0.25) is 0 Å². The second-order valence-electron chi connectivity index (χ2n) is 13.9. The maximum Gasteiger partial charge on any atom is 0.0702 e. The van der Waals surface area contributed by atoms with Crippen LogP contribution in [0, 0.1) is 5.92 Å². The molecule has 2 aromatic carbocycles. The largest absolute Gasteiger partial charge is 0.381 e. The van der Waals surface area contributed by atoms with Gasteiger partial charge >= 0.3 is 0 Å². The molecule has 2 heteroatoms. The van der Waals surface area contributed by atoms with Gasteiger partial charge in [0.1, 0.15) is 0 Å². The Labute approximate surface area is 294 Å². The topological polar surface area (TPSA) is 24.1 Å². The predicted molar refractivity (Wildman–Crippen MR) is 210 cm³/mol. The normalized spacial score (nSPS) is 22.5. The summed E-state index contributed by atoms with van der Waals surface area (Å²) in [5.74, 6) is 0.465. The van der Waals surface area contributed by atoms with Crippen LogP contribution in [0.3, 0.4) is 0 Å². The molecule has 0 saturated heterocycles. The summed E-state index contributed by atoms with van der Waals surface area (Å²) in [6.45, 7) is 4.63. The monoisotopic (exact) mass is 642 g/mol. The van der Waals surface area contributed by atoms with E-state index in [2.05, 4.69) is 164 Å². The summed E-state index contributed by atoms with van der Waals surface area (Å²) in [7, 11) is 0. The molecule has 0 amide bonds. The molecule has 3 aliphatic carbocycles. The van der Waals surface area contributed by atoms with Gasteiger partial charge in [-0.1, -0.05) is 116 Å². The summed E-state index contributed by atoms with van der Waals surface area (Å²) in [6.07, 6.45) is 43.8. The first-order chi connectivity index (χ1) is 24.1. The first kappa shape index (κ1) is 32.7. The van der Waals surface area contributed by atoms with Gasteiger partial charge in [0, 0.05) is 5.70 Å². The fourth-order valence-corrected chi connectivity index (χ4v) is 7.65. The van der Waals surface area contributed by atoms with Gasteiger partial charge in [-0.2, -0.15) is 0 Å². The van der Waals surface area contributed by atoms with Gasteiger partial charge in [0.25, 0.3) is 0 Å². The van der Waals surface area contributed by atoms with Crippen LogP contribution in [0.25, 0.3) is 16.7 Å². The highest BCUT2D eigenvalue weighted by Crippen LogP contribution is 2.36. The minimum Gasteiger partial charge on any atom is -0.381 e. The van der Waals surface area contributed by atoms with Gasteiger partial charge in [-0.05, 0) is 151 Å². The molecular weight excluding hydrogens is 593 g/mol. The summed E-state index contributed by atoms with van der Waals surface area (Å²) in [5, 5.41) is 7.61. The maximum atomic E-state index is 3.92. The van der Waals surface area contributed by atoms with Crippen molar-refractivity contribution in [3.63, 3.8) is 0 Å². The quantitative estimate of drug-likeness (QED) is 0.269. The minimum absolute atomic E-state index is 0.0704. The Morgan fingerprint density at radius 2 is 1.65 bits per heavy atom. The lowest BCUT2D eigenvalue weighted by Crippen LogP contribution is -2.32. The van der Waals surface area contributed by atoms with Crippen molar-refractivity contribution >= 4 is 16.7 Å². The SMILES string of the molecule is CCCC(/C=C(\C)c1cc(C2=CC(C3=CC=CCC3)NC(C3=CCCC=C3)=C2)cc(C2C=C(c3ccccc3)C=CN2)c1)C1=CC=CCC1. The number of allylic oxidation sites excluding steroid dienone is 16. The Bertz CT molecular complexity index is 1880. The minimum atomic E-state index is 0.0704. The molecule has 0 saturated carbocycles. The van der Waals surface area contributed by atoms with E-state index in [1.54, 1.807) is 5.57 Å². The van der Waals surface area contributed by atoms with E-state index in [0.717, 1.165) is 38.5 Å². The van der Waals surface area contributed by atoms with Gasteiger partial charge in [-0.25, -0.2) is 0 Å². The van der Waals surface area contributed by atoms with E-state index >= 15 is 0 Å². The van der Waals surface area contributed by atoms with E-state index in [1.807, 2.05) is 0 Å². The Hall–Kier alpha value is -4.82. The molecule has 2 nitrogen and oxygen atoms in total. The Morgan fingerprint density at radius 3 is 2.41 bits per heavy atom. The van der Waals surface area contributed by atoms with Crippen LogP contribution in [-0.4, -0.2) is 6.04 Å². The van der Waals surface area contributed by atoms with Crippen LogP contribution in [0.1, 0.15) is 93.5 Å². The van der Waals surface area contributed by atoms with Gasteiger partial charge in [0.15, 0.2) is 0 Å². The highest BCUT2D eigenvalue weighted by molar-refractivity contribution is 5.82. The lowest BCUT2D eigenvalue weighted by molar-refractivity contribution is 0.630. The van der Waals surface area contributed by atoms with Gasteiger partial charge < -0.3 is 10.6 Å². The van der Waals surface area contributed by atoms with Gasteiger partial charge in [-0.15, -0.1) is 0 Å². The molecule has 0 radical (unpaired) electrons. The highest BCUT2D eigenvalue weighted by Gasteiger charge is 2.23. The molecule has 0 bridgehead atoms. The number of hydrogen-bond acceptors (Lipinski definition) is 2. The smallest absolute Gasteiger partial charge is 0.0702 e. The Kier molecular flexibility index (Phi) is 10.4. The van der Waals surface area contributed by atoms with Crippen LogP contribution in [0.4, 0.5) is 0 Å². The molecule has 3 unspecified atom stereocenters. The molecule has 49 heavy (non-hydrogen) atoms. The van der Waals surface area contributed by atoms with Crippen molar-refractivity contribution in [2.24, 2.45) is 5.92 Å². The van der Waals surface area contributed by atoms with Gasteiger partial charge in [0.05, 0.1) is 12.1 Å². The molecule has 3 atom stereocenters. The third kappa shape index (κ3) is 7.92. The molecular formula is C47H50N2. The standard InChI is InChI=1S/C47H50N2/c1-3-16-39(35-17-8-4-9-18-35)27-34(2)41-28-42(30-44(29-41)45-31-40(25-26-48-45)36-19-10-5-11-20-36)43-32-46(37-21-12-6-13-22-37)49-47(33-43)38-23-14-7-15-24-38/h4-6,8,10-12,14,17,19-21,23-33,39,45-46,48-49H,3,7,9,13,15-16,18,22H2,1-2H3/b34-27+. The molecule has 2 heterocycles. The molecule has 2 aliphatic heterocycles. The summed E-state index contributed by atoms with van der Waals surface area (Å²) in [5.41, 5.74) is 14.5. The van der Waals surface area contributed by atoms with E-state index in [-0.39, 0.29) is 12.1 Å². The van der Waals surface area contributed by atoms with Crippen LogP contribution in [-0.2, 0) is 0 Å². The lowest BCUT2D eigenvalue weighted by Gasteiger charge is -2.29. The summed E-state index contributed by atoms with van der Waals surface area (Å²) < 4.78 is 0. The number of nitrogens with one attached hydrogen (secondary N) is 2. The Morgan fingerprint density at radius 1 is 0.816 bits per heavy atom. The van der Waals surface area contributed by atoms with Gasteiger partial charge in [-0.3, -0.25) is 0 Å². The fourth-order valence-electron chi connectivity index (χ4n) is 7.65. The number of hydrogen-bond donors (Lipinski definition) is 2. The number of rotatable bonds is 10. The van der Waals surface area contributed by atoms with Crippen molar-refractivity contribution in [2.75, 3.05) is 0 Å². The highest BCUT2D eigenvalue weighted by atomic mass is 14.9. The predicted octanol–water partition coefficient (Wildman–Crippen LogP) is 11.8.